The van der Waals surface area contributed by atoms with E-state index in [0.717, 1.165) is 5.75 Å². The quantitative estimate of drug-likeness (QED) is 0.457. The molecule has 0 aromatic heterocycles. The summed E-state index contributed by atoms with van der Waals surface area (Å²) in [6, 6.07) is 17.0. The molecule has 0 bridgehead atoms. The van der Waals surface area contributed by atoms with Crippen molar-refractivity contribution in [1.82, 2.24) is 0 Å². The maximum atomic E-state index is 12.2. The first-order chi connectivity index (χ1) is 13.6. The topological polar surface area (TPSA) is 83.8 Å². The van der Waals surface area contributed by atoms with Crippen LogP contribution < -0.4 is 4.74 Å². The van der Waals surface area contributed by atoms with E-state index in [4.69, 9.17) is 4.74 Å². The second-order valence-corrected chi connectivity index (χ2v) is 6.31. The van der Waals surface area contributed by atoms with E-state index in [1.165, 1.54) is 23.8 Å². The molecular weight excluding hydrogens is 356 g/mol. The normalized spacial score (nSPS) is 13.4. The lowest BCUT2D eigenvalue weighted by atomic mass is 9.83. The van der Waals surface area contributed by atoms with Crippen LogP contribution >= 0.6 is 0 Å². The van der Waals surface area contributed by atoms with Crippen LogP contribution in [0, 0.1) is 0 Å². The van der Waals surface area contributed by atoms with E-state index in [-0.39, 0.29) is 22.5 Å². The molecule has 0 amide bonds. The summed E-state index contributed by atoms with van der Waals surface area (Å²) in [7, 11) is 0. The van der Waals surface area contributed by atoms with Gasteiger partial charge in [-0.15, -0.1) is 0 Å². The summed E-state index contributed by atoms with van der Waals surface area (Å²) in [6.45, 7) is 0.705. The summed E-state index contributed by atoms with van der Waals surface area (Å²) >= 11 is 0. The maximum Gasteiger partial charge on any atom is 0.198 e. The highest BCUT2D eigenvalue weighted by molar-refractivity contribution is 6.29. The average Bonchev–Trinajstić information content (AvgIpc) is 2.74. The Kier molecular flexibility index (Phi) is 4.41. The fourth-order valence-electron chi connectivity index (χ4n) is 3.22. The van der Waals surface area contributed by atoms with Crippen molar-refractivity contribution in [2.24, 2.45) is 0 Å². The van der Waals surface area contributed by atoms with Crippen LogP contribution in [-0.4, -0.2) is 28.4 Å². The van der Waals surface area contributed by atoms with Gasteiger partial charge in [-0.3, -0.25) is 9.59 Å². The molecule has 5 nitrogen and oxygen atoms in total. The number of carbonyl (C=O) groups is 2. The molecule has 2 N–H and O–H groups in total. The average molecular weight is 372 g/mol. The van der Waals surface area contributed by atoms with Gasteiger partial charge in [0, 0.05) is 22.3 Å². The van der Waals surface area contributed by atoms with Crippen molar-refractivity contribution in [3.63, 3.8) is 0 Å². The molecule has 5 rings (SSSR count). The molecule has 0 radical (unpaired) electrons. The van der Waals surface area contributed by atoms with Crippen LogP contribution in [0.2, 0.25) is 0 Å². The molecule has 1 aliphatic heterocycles. The molecule has 138 valence electrons. The minimum Gasteiger partial charge on any atom is -0.504 e. The predicted molar refractivity (Wildman–Crippen MR) is 104 cm³/mol. The largest absolute Gasteiger partial charge is 0.504 e. The molecule has 0 unspecified atom stereocenters. The smallest absolute Gasteiger partial charge is 0.198 e. The summed E-state index contributed by atoms with van der Waals surface area (Å²) in [4.78, 5) is 24.4. The first kappa shape index (κ1) is 17.5. The van der Waals surface area contributed by atoms with E-state index < -0.39 is 17.3 Å². The zero-order chi connectivity index (χ0) is 19.7. The second-order valence-electron chi connectivity index (χ2n) is 6.31. The van der Waals surface area contributed by atoms with Crippen LogP contribution in [0.15, 0.2) is 66.7 Å². The van der Waals surface area contributed by atoms with Gasteiger partial charge in [0.15, 0.2) is 23.1 Å². The molecule has 2 aliphatic rings. The van der Waals surface area contributed by atoms with Crippen molar-refractivity contribution in [3.05, 3.63) is 94.6 Å². The number of phenols is 2. The lowest BCUT2D eigenvalue weighted by molar-refractivity contribution is 0.0976. The van der Waals surface area contributed by atoms with Crippen LogP contribution in [0.25, 0.3) is 6.08 Å². The summed E-state index contributed by atoms with van der Waals surface area (Å²) in [6.07, 6.45) is 4.10. The lowest BCUT2D eigenvalue weighted by Crippen LogP contribution is -2.20. The summed E-state index contributed by atoms with van der Waals surface area (Å²) in [5.41, 5.74) is 1.73. The zero-order valence-corrected chi connectivity index (χ0v) is 14.8. The van der Waals surface area contributed by atoms with Gasteiger partial charge in [-0.1, -0.05) is 48.5 Å². The third-order valence-electron chi connectivity index (χ3n) is 4.60. The Bertz CT molecular complexity index is 1130. The Labute approximate surface area is 161 Å². The molecule has 3 aromatic rings. The van der Waals surface area contributed by atoms with E-state index in [0.29, 0.717) is 12.2 Å². The van der Waals surface area contributed by atoms with E-state index in [1.807, 2.05) is 30.3 Å². The van der Waals surface area contributed by atoms with Gasteiger partial charge in [0.05, 0.1) is 5.56 Å². The fraction of sp³-hybridized carbons (Fsp3) is 0.0435. The summed E-state index contributed by atoms with van der Waals surface area (Å²) in [5, 5.41) is 19.1. The van der Waals surface area contributed by atoms with Crippen LogP contribution in [0.4, 0.5) is 0 Å². The Morgan fingerprint density at radius 2 is 1.43 bits per heavy atom. The standard InChI is InChI=1S/C14H8O4.C9H8O/c15-10-6-5-9-11(14(10)18)13(17)8-4-2-1-3-7(8)12(9)16;1-2-6-9-8(4-1)5-3-7-10-9/h1-6,15,18H;1-6H,7H2. The number of benzene rings is 3. The van der Waals surface area contributed by atoms with Gasteiger partial charge in [0.25, 0.3) is 0 Å². The number of ether oxygens (including phenoxy) is 1. The second kappa shape index (κ2) is 7.04. The molecule has 0 saturated carbocycles. The molecule has 5 heteroatoms. The predicted octanol–water partition coefficient (Wildman–Crippen LogP) is 3.97. The zero-order valence-electron chi connectivity index (χ0n) is 14.8. The molecule has 1 aliphatic carbocycles. The van der Waals surface area contributed by atoms with Crippen LogP contribution in [-0.2, 0) is 0 Å². The van der Waals surface area contributed by atoms with Crippen LogP contribution in [0.5, 0.6) is 17.2 Å². The number of aromatic hydroxyl groups is 2. The van der Waals surface area contributed by atoms with E-state index in [2.05, 4.69) is 6.08 Å². The third kappa shape index (κ3) is 2.93. The van der Waals surface area contributed by atoms with Gasteiger partial charge in [0.2, 0.25) is 0 Å². The molecule has 0 saturated heterocycles. The van der Waals surface area contributed by atoms with Gasteiger partial charge in [0.1, 0.15) is 12.4 Å². The van der Waals surface area contributed by atoms with Crippen molar-refractivity contribution < 1.29 is 24.5 Å². The van der Waals surface area contributed by atoms with Gasteiger partial charge >= 0.3 is 0 Å². The highest BCUT2D eigenvalue weighted by atomic mass is 16.5. The number of phenolic OH excluding ortho intramolecular Hbond substituents is 2. The minimum absolute atomic E-state index is 0.119. The number of hydrogen-bond donors (Lipinski definition) is 2. The minimum atomic E-state index is -0.541. The Hall–Kier alpha value is -3.86. The number of carbonyl (C=O) groups excluding carboxylic acids is 2. The van der Waals surface area contributed by atoms with Gasteiger partial charge in [-0.2, -0.15) is 0 Å². The highest BCUT2D eigenvalue weighted by Gasteiger charge is 2.32. The molecule has 3 aromatic carbocycles. The number of hydrogen-bond acceptors (Lipinski definition) is 5. The molecule has 0 fully saturated rings. The summed E-state index contributed by atoms with van der Waals surface area (Å²) < 4.78 is 5.34. The molecule has 0 atom stereocenters. The number of rotatable bonds is 0. The maximum absolute atomic E-state index is 12.2. The van der Waals surface area contributed by atoms with Crippen molar-refractivity contribution in [2.45, 2.75) is 0 Å². The third-order valence-corrected chi connectivity index (χ3v) is 4.60. The SMILES string of the molecule is C1=Cc2ccccc2OC1.O=C1c2ccccc2C(=O)c2c1ccc(O)c2O. The van der Waals surface area contributed by atoms with E-state index in [1.54, 1.807) is 18.2 Å². The number of fused-ring (bicyclic) bond motifs is 3. The number of para-hydroxylation sites is 1. The molecule has 28 heavy (non-hydrogen) atoms. The molecule has 0 spiro atoms. The van der Waals surface area contributed by atoms with Crippen LogP contribution in [0.1, 0.15) is 37.4 Å². The van der Waals surface area contributed by atoms with E-state index >= 15 is 0 Å². The first-order valence-corrected chi connectivity index (χ1v) is 8.69. The van der Waals surface area contributed by atoms with Crippen molar-refractivity contribution in [3.8, 4) is 17.2 Å². The number of ketones is 2. The molecule has 1 heterocycles. The van der Waals surface area contributed by atoms with Gasteiger partial charge in [-0.05, 0) is 24.3 Å². The Morgan fingerprint density at radius 1 is 0.750 bits per heavy atom. The summed E-state index contributed by atoms with van der Waals surface area (Å²) in [5.74, 6) is -0.733. The monoisotopic (exact) mass is 372 g/mol. The van der Waals surface area contributed by atoms with Crippen molar-refractivity contribution in [1.29, 1.82) is 0 Å². The Morgan fingerprint density at radius 3 is 2.18 bits per heavy atom. The molecular formula is C23H16O5. The van der Waals surface area contributed by atoms with Crippen molar-refractivity contribution >= 4 is 17.6 Å². The van der Waals surface area contributed by atoms with Gasteiger partial charge < -0.3 is 14.9 Å². The van der Waals surface area contributed by atoms with E-state index in [9.17, 15) is 19.8 Å². The van der Waals surface area contributed by atoms with Crippen molar-refractivity contribution in [2.75, 3.05) is 6.61 Å². The first-order valence-electron chi connectivity index (χ1n) is 8.69. The fourth-order valence-corrected chi connectivity index (χ4v) is 3.22. The van der Waals surface area contributed by atoms with Gasteiger partial charge in [-0.25, -0.2) is 0 Å². The Balaban J connectivity index is 0.000000162. The lowest BCUT2D eigenvalue weighted by Gasteiger charge is -2.18. The highest BCUT2D eigenvalue weighted by Crippen LogP contribution is 2.37. The van der Waals surface area contributed by atoms with Crippen LogP contribution in [0.3, 0.4) is 0 Å².